The minimum atomic E-state index is -0.594. The van der Waals surface area contributed by atoms with Crippen LogP contribution in [0.5, 0.6) is 0 Å². The molecule has 18 heavy (non-hydrogen) atoms. The quantitative estimate of drug-likeness (QED) is 0.813. The number of hydrogen-bond donors (Lipinski definition) is 1. The van der Waals surface area contributed by atoms with Gasteiger partial charge in [-0.1, -0.05) is 36.4 Å². The Morgan fingerprint density at radius 3 is 2.61 bits per heavy atom. The molecule has 0 heterocycles. The summed E-state index contributed by atoms with van der Waals surface area (Å²) in [5.41, 5.74) is 0.939. The van der Waals surface area contributed by atoms with E-state index in [-0.39, 0.29) is 12.4 Å². The Bertz CT molecular complexity index is 426. The summed E-state index contributed by atoms with van der Waals surface area (Å²) in [5.74, 6) is -0.174. The van der Waals surface area contributed by atoms with Crippen molar-refractivity contribution in [3.8, 4) is 0 Å². The first-order valence-corrected chi connectivity index (χ1v) is 5.83. The highest BCUT2D eigenvalue weighted by Gasteiger charge is 2.13. The van der Waals surface area contributed by atoms with Crippen molar-refractivity contribution in [3.63, 3.8) is 0 Å². The number of alkyl carbamates (subject to hydrolysis) is 1. The number of ether oxygens (including phenoxy) is 1. The van der Waals surface area contributed by atoms with Crippen LogP contribution in [0.1, 0.15) is 19.4 Å². The summed E-state index contributed by atoms with van der Waals surface area (Å²) in [4.78, 5) is 22.8. The molecule has 0 aliphatic carbocycles. The van der Waals surface area contributed by atoms with E-state index in [2.05, 4.69) is 5.32 Å². The van der Waals surface area contributed by atoms with Gasteiger partial charge in [0.1, 0.15) is 0 Å². The molecule has 0 radical (unpaired) electrons. The van der Waals surface area contributed by atoms with Gasteiger partial charge >= 0.3 is 6.09 Å². The van der Waals surface area contributed by atoms with Gasteiger partial charge in [0.05, 0.1) is 12.6 Å². The number of carbonyl (C=O) groups excluding carboxylic acids is 2. The first-order chi connectivity index (χ1) is 8.63. The average molecular weight is 247 g/mol. The molecule has 1 N–H and O–H groups in total. The third kappa shape index (κ3) is 4.82. The maximum Gasteiger partial charge on any atom is 0.407 e. The average Bonchev–Trinajstić information content (AvgIpc) is 2.37. The van der Waals surface area contributed by atoms with Crippen molar-refractivity contribution in [1.82, 2.24) is 5.32 Å². The third-order valence-corrected chi connectivity index (χ3v) is 2.28. The molecule has 0 aliphatic rings. The first kappa shape index (κ1) is 14.0. The van der Waals surface area contributed by atoms with E-state index in [9.17, 15) is 9.59 Å². The molecule has 0 spiro atoms. The van der Waals surface area contributed by atoms with Gasteiger partial charge in [0, 0.05) is 0 Å². The Morgan fingerprint density at radius 2 is 2.00 bits per heavy atom. The molecule has 0 fully saturated rings. The van der Waals surface area contributed by atoms with Crippen LogP contribution < -0.4 is 5.32 Å². The van der Waals surface area contributed by atoms with Crippen molar-refractivity contribution >= 4 is 18.0 Å². The Hall–Kier alpha value is -2.10. The predicted molar refractivity (Wildman–Crippen MR) is 70.1 cm³/mol. The largest absolute Gasteiger partial charge is 0.450 e. The SMILES string of the molecule is CCOC(=O)N[C@@H](C)C(=O)/C=C/c1ccccc1. The molecule has 1 rings (SSSR count). The lowest BCUT2D eigenvalue weighted by atomic mass is 10.1. The van der Waals surface area contributed by atoms with Gasteiger partial charge in [-0.25, -0.2) is 4.79 Å². The second-order valence-corrected chi connectivity index (χ2v) is 3.73. The molecule has 0 aromatic heterocycles. The zero-order chi connectivity index (χ0) is 13.4. The minimum Gasteiger partial charge on any atom is -0.450 e. The molecule has 1 aromatic rings. The number of carbonyl (C=O) groups is 2. The Labute approximate surface area is 107 Å². The van der Waals surface area contributed by atoms with Crippen LogP contribution in [-0.4, -0.2) is 24.5 Å². The number of amides is 1. The van der Waals surface area contributed by atoms with Crippen molar-refractivity contribution in [1.29, 1.82) is 0 Å². The van der Waals surface area contributed by atoms with E-state index in [1.165, 1.54) is 6.08 Å². The molecule has 1 amide bonds. The fraction of sp³-hybridized carbons (Fsp3) is 0.286. The fourth-order valence-electron chi connectivity index (χ4n) is 1.31. The van der Waals surface area contributed by atoms with Crippen LogP contribution in [0.15, 0.2) is 36.4 Å². The maximum absolute atomic E-state index is 11.7. The van der Waals surface area contributed by atoms with E-state index in [1.54, 1.807) is 19.9 Å². The number of hydrogen-bond acceptors (Lipinski definition) is 3. The third-order valence-electron chi connectivity index (χ3n) is 2.28. The Balaban J connectivity index is 2.50. The van der Waals surface area contributed by atoms with E-state index in [0.717, 1.165) is 5.56 Å². The Kier molecular flexibility index (Phi) is 5.64. The second kappa shape index (κ2) is 7.27. The number of rotatable bonds is 5. The highest BCUT2D eigenvalue weighted by atomic mass is 16.5. The van der Waals surface area contributed by atoms with Crippen LogP contribution in [0.3, 0.4) is 0 Å². The molecule has 96 valence electrons. The summed E-state index contributed by atoms with van der Waals surface area (Å²) in [7, 11) is 0. The summed E-state index contributed by atoms with van der Waals surface area (Å²) < 4.78 is 4.70. The standard InChI is InChI=1S/C14H17NO3/c1-3-18-14(17)15-11(2)13(16)10-9-12-7-5-4-6-8-12/h4-11H,3H2,1-2H3,(H,15,17)/b10-9+/t11-/m0/s1. The van der Waals surface area contributed by atoms with Gasteiger partial charge in [-0.05, 0) is 25.5 Å². The number of benzene rings is 1. The van der Waals surface area contributed by atoms with E-state index in [0.29, 0.717) is 0 Å². The second-order valence-electron chi connectivity index (χ2n) is 3.73. The maximum atomic E-state index is 11.7. The molecule has 0 aliphatic heterocycles. The lowest BCUT2D eigenvalue weighted by molar-refractivity contribution is -0.116. The molecular weight excluding hydrogens is 230 g/mol. The van der Waals surface area contributed by atoms with Crippen LogP contribution in [0, 0.1) is 0 Å². The summed E-state index contributed by atoms with van der Waals surface area (Å²) in [6, 6.07) is 8.89. The molecule has 1 atom stereocenters. The summed E-state index contributed by atoms with van der Waals surface area (Å²) in [6.07, 6.45) is 2.59. The van der Waals surface area contributed by atoms with Gasteiger partial charge < -0.3 is 10.1 Å². The highest BCUT2D eigenvalue weighted by Crippen LogP contribution is 2.01. The normalized spacial score (nSPS) is 12.1. The van der Waals surface area contributed by atoms with Gasteiger partial charge in [0.2, 0.25) is 0 Å². The van der Waals surface area contributed by atoms with Crippen molar-refractivity contribution < 1.29 is 14.3 Å². The van der Waals surface area contributed by atoms with Gasteiger partial charge in [-0.2, -0.15) is 0 Å². The monoisotopic (exact) mass is 247 g/mol. The van der Waals surface area contributed by atoms with Crippen molar-refractivity contribution in [2.45, 2.75) is 19.9 Å². The zero-order valence-corrected chi connectivity index (χ0v) is 10.6. The van der Waals surface area contributed by atoms with E-state index >= 15 is 0 Å². The van der Waals surface area contributed by atoms with E-state index < -0.39 is 12.1 Å². The van der Waals surface area contributed by atoms with Crippen LogP contribution in [-0.2, 0) is 9.53 Å². The molecule has 0 bridgehead atoms. The molecule has 0 unspecified atom stereocenters. The molecule has 4 nitrogen and oxygen atoms in total. The predicted octanol–water partition coefficient (Wildman–Crippen LogP) is 2.40. The highest BCUT2D eigenvalue weighted by molar-refractivity contribution is 5.98. The summed E-state index contributed by atoms with van der Waals surface area (Å²) in [5, 5.41) is 2.45. The topological polar surface area (TPSA) is 55.4 Å². The molecule has 4 heteroatoms. The van der Waals surface area contributed by atoms with Crippen LogP contribution in [0.2, 0.25) is 0 Å². The smallest absolute Gasteiger partial charge is 0.407 e. The Morgan fingerprint density at radius 1 is 1.33 bits per heavy atom. The van der Waals surface area contributed by atoms with Crippen LogP contribution >= 0.6 is 0 Å². The molecule has 1 aromatic carbocycles. The number of ketones is 1. The number of nitrogens with one attached hydrogen (secondary N) is 1. The zero-order valence-electron chi connectivity index (χ0n) is 10.6. The van der Waals surface area contributed by atoms with Crippen molar-refractivity contribution in [3.05, 3.63) is 42.0 Å². The minimum absolute atomic E-state index is 0.174. The lowest BCUT2D eigenvalue weighted by Gasteiger charge is -2.10. The van der Waals surface area contributed by atoms with Crippen LogP contribution in [0.25, 0.3) is 6.08 Å². The van der Waals surface area contributed by atoms with E-state index in [1.807, 2.05) is 30.3 Å². The van der Waals surface area contributed by atoms with Crippen molar-refractivity contribution in [2.75, 3.05) is 6.61 Å². The lowest BCUT2D eigenvalue weighted by Crippen LogP contribution is -2.38. The van der Waals surface area contributed by atoms with E-state index in [4.69, 9.17) is 4.74 Å². The van der Waals surface area contributed by atoms with Gasteiger partial charge in [-0.3, -0.25) is 4.79 Å². The fourth-order valence-corrected chi connectivity index (χ4v) is 1.31. The van der Waals surface area contributed by atoms with Crippen LogP contribution in [0.4, 0.5) is 4.79 Å². The summed E-state index contributed by atoms with van der Waals surface area (Å²) >= 11 is 0. The molecule has 0 saturated carbocycles. The molecule has 0 saturated heterocycles. The van der Waals surface area contributed by atoms with Gasteiger partial charge in [0.15, 0.2) is 5.78 Å². The van der Waals surface area contributed by atoms with Gasteiger partial charge in [-0.15, -0.1) is 0 Å². The first-order valence-electron chi connectivity index (χ1n) is 5.83. The van der Waals surface area contributed by atoms with Gasteiger partial charge in [0.25, 0.3) is 0 Å². The summed E-state index contributed by atoms with van der Waals surface area (Å²) in [6.45, 7) is 3.61. The van der Waals surface area contributed by atoms with Crippen molar-refractivity contribution in [2.24, 2.45) is 0 Å². The molecular formula is C14H17NO3.